The minimum atomic E-state index is 0.451. The van der Waals surface area contributed by atoms with Gasteiger partial charge in [-0.3, -0.25) is 4.40 Å². The Morgan fingerprint density at radius 3 is 2.69 bits per heavy atom. The van der Waals surface area contributed by atoms with Gasteiger partial charge < -0.3 is 5.73 Å². The molecule has 0 aliphatic rings. The van der Waals surface area contributed by atoms with E-state index in [-0.39, 0.29) is 0 Å². The van der Waals surface area contributed by atoms with Gasteiger partial charge in [0, 0.05) is 12.1 Å². The van der Waals surface area contributed by atoms with Gasteiger partial charge in [0.2, 0.25) is 0 Å². The minimum Gasteiger partial charge on any atom is -0.383 e. The molecule has 0 spiro atoms. The van der Waals surface area contributed by atoms with Crippen LogP contribution in [0.1, 0.15) is 38.3 Å². The summed E-state index contributed by atoms with van der Waals surface area (Å²) in [5.41, 5.74) is 8.07. The Morgan fingerprint density at radius 1 is 1.44 bits per heavy atom. The number of fused-ring (bicyclic) bond motifs is 1. The maximum absolute atomic E-state index is 6.14. The summed E-state index contributed by atoms with van der Waals surface area (Å²) in [5, 5.41) is 0. The Kier molecular flexibility index (Phi) is 3.19. The van der Waals surface area contributed by atoms with Gasteiger partial charge in [0.15, 0.2) is 5.65 Å². The van der Waals surface area contributed by atoms with Crippen molar-refractivity contribution in [3.05, 3.63) is 28.5 Å². The SMILES string of the molecule is CCC(CC)c1nc2c(Br)cccn2c1N. The van der Waals surface area contributed by atoms with Crippen molar-refractivity contribution in [3.63, 3.8) is 0 Å². The van der Waals surface area contributed by atoms with Gasteiger partial charge in [-0.1, -0.05) is 13.8 Å². The number of hydrogen-bond acceptors (Lipinski definition) is 2. The number of imidazole rings is 1. The van der Waals surface area contributed by atoms with Gasteiger partial charge in [0.1, 0.15) is 5.82 Å². The van der Waals surface area contributed by atoms with E-state index in [1.54, 1.807) is 0 Å². The van der Waals surface area contributed by atoms with Crippen LogP contribution in [0.4, 0.5) is 5.82 Å². The fourth-order valence-corrected chi connectivity index (χ4v) is 2.48. The average molecular weight is 282 g/mol. The van der Waals surface area contributed by atoms with Gasteiger partial charge >= 0.3 is 0 Å². The predicted molar refractivity (Wildman–Crippen MR) is 70.6 cm³/mol. The monoisotopic (exact) mass is 281 g/mol. The van der Waals surface area contributed by atoms with Crippen LogP contribution in [-0.4, -0.2) is 9.38 Å². The van der Waals surface area contributed by atoms with Crippen molar-refractivity contribution in [2.75, 3.05) is 5.73 Å². The Bertz CT molecular complexity index is 500. The van der Waals surface area contributed by atoms with E-state index in [2.05, 4.69) is 34.8 Å². The van der Waals surface area contributed by atoms with E-state index in [9.17, 15) is 0 Å². The molecule has 2 aromatic heterocycles. The molecule has 16 heavy (non-hydrogen) atoms. The first kappa shape index (κ1) is 11.5. The number of hydrogen-bond donors (Lipinski definition) is 1. The molecule has 0 aromatic carbocycles. The largest absolute Gasteiger partial charge is 0.383 e. The first-order valence-corrected chi connectivity index (χ1v) is 6.40. The number of nitrogens with two attached hydrogens (primary N) is 1. The van der Waals surface area contributed by atoms with Gasteiger partial charge in [0.05, 0.1) is 10.2 Å². The number of anilines is 1. The maximum Gasteiger partial charge on any atom is 0.153 e. The molecule has 2 rings (SSSR count). The number of aromatic nitrogens is 2. The van der Waals surface area contributed by atoms with Crippen molar-refractivity contribution >= 4 is 27.4 Å². The van der Waals surface area contributed by atoms with Gasteiger partial charge in [-0.25, -0.2) is 4.98 Å². The molecule has 3 nitrogen and oxygen atoms in total. The van der Waals surface area contributed by atoms with Crippen LogP contribution in [0.25, 0.3) is 5.65 Å². The molecule has 0 unspecified atom stereocenters. The van der Waals surface area contributed by atoms with Crippen LogP contribution in [0.5, 0.6) is 0 Å². The number of nitrogens with zero attached hydrogens (tertiary/aromatic N) is 2. The third-order valence-electron chi connectivity index (χ3n) is 3.04. The van der Waals surface area contributed by atoms with Crippen LogP contribution in [-0.2, 0) is 0 Å². The second kappa shape index (κ2) is 4.45. The molecule has 2 aromatic rings. The van der Waals surface area contributed by atoms with E-state index in [1.165, 1.54) is 0 Å². The Labute approximate surface area is 104 Å². The van der Waals surface area contributed by atoms with Crippen molar-refractivity contribution in [2.45, 2.75) is 32.6 Å². The normalized spacial score (nSPS) is 11.5. The van der Waals surface area contributed by atoms with Gasteiger partial charge in [-0.15, -0.1) is 0 Å². The van der Waals surface area contributed by atoms with E-state index < -0.39 is 0 Å². The molecule has 4 heteroatoms. The molecular weight excluding hydrogens is 266 g/mol. The maximum atomic E-state index is 6.14. The topological polar surface area (TPSA) is 43.3 Å². The zero-order valence-electron chi connectivity index (χ0n) is 9.57. The standard InChI is InChI=1S/C12H16BrN3/c1-3-8(4-2)10-11(14)16-7-5-6-9(13)12(16)15-10/h5-8H,3-4,14H2,1-2H3. The van der Waals surface area contributed by atoms with E-state index >= 15 is 0 Å². The fraction of sp³-hybridized carbons (Fsp3) is 0.417. The molecule has 0 radical (unpaired) electrons. The predicted octanol–water partition coefficient (Wildman–Crippen LogP) is 3.58. The highest BCUT2D eigenvalue weighted by Crippen LogP contribution is 2.30. The number of halogens is 1. The number of rotatable bonds is 3. The Morgan fingerprint density at radius 2 is 2.12 bits per heavy atom. The van der Waals surface area contributed by atoms with Crippen LogP contribution in [0.3, 0.4) is 0 Å². The lowest BCUT2D eigenvalue weighted by Crippen LogP contribution is -2.01. The van der Waals surface area contributed by atoms with Crippen LogP contribution >= 0.6 is 15.9 Å². The highest BCUT2D eigenvalue weighted by molar-refractivity contribution is 9.10. The second-order valence-electron chi connectivity index (χ2n) is 3.95. The van der Waals surface area contributed by atoms with Crippen molar-refractivity contribution in [1.29, 1.82) is 0 Å². The second-order valence-corrected chi connectivity index (χ2v) is 4.80. The molecular formula is C12H16BrN3. The van der Waals surface area contributed by atoms with E-state index in [0.29, 0.717) is 5.92 Å². The van der Waals surface area contributed by atoms with Crippen molar-refractivity contribution in [1.82, 2.24) is 9.38 Å². The summed E-state index contributed by atoms with van der Waals surface area (Å²) in [6.07, 6.45) is 4.10. The van der Waals surface area contributed by atoms with Crippen molar-refractivity contribution < 1.29 is 0 Å². The zero-order valence-corrected chi connectivity index (χ0v) is 11.2. The molecule has 0 amide bonds. The summed E-state index contributed by atoms with van der Waals surface area (Å²) < 4.78 is 2.93. The highest BCUT2D eigenvalue weighted by atomic mass is 79.9. The third kappa shape index (κ3) is 1.71. The highest BCUT2D eigenvalue weighted by Gasteiger charge is 2.17. The van der Waals surface area contributed by atoms with Gasteiger partial charge in [-0.2, -0.15) is 0 Å². The first-order valence-electron chi connectivity index (χ1n) is 5.61. The Balaban J connectivity index is 2.64. The van der Waals surface area contributed by atoms with E-state index in [4.69, 9.17) is 5.73 Å². The molecule has 0 saturated heterocycles. The molecule has 0 fully saturated rings. The summed E-state index contributed by atoms with van der Waals surface area (Å²) in [4.78, 5) is 4.64. The summed E-state index contributed by atoms with van der Waals surface area (Å²) in [6, 6.07) is 3.95. The summed E-state index contributed by atoms with van der Waals surface area (Å²) in [6.45, 7) is 4.35. The molecule has 0 aliphatic heterocycles. The third-order valence-corrected chi connectivity index (χ3v) is 3.66. The van der Waals surface area contributed by atoms with Gasteiger partial charge in [-0.05, 0) is 40.9 Å². The van der Waals surface area contributed by atoms with Gasteiger partial charge in [0.25, 0.3) is 0 Å². The first-order chi connectivity index (χ1) is 7.69. The lowest BCUT2D eigenvalue weighted by atomic mass is 10.00. The molecule has 2 heterocycles. The van der Waals surface area contributed by atoms with Crippen molar-refractivity contribution in [3.8, 4) is 0 Å². The quantitative estimate of drug-likeness (QED) is 0.935. The average Bonchev–Trinajstić information content (AvgIpc) is 2.61. The zero-order chi connectivity index (χ0) is 11.7. The Hall–Kier alpha value is -1.03. The summed E-state index contributed by atoms with van der Waals surface area (Å²) in [7, 11) is 0. The molecule has 0 aliphatic carbocycles. The summed E-state index contributed by atoms with van der Waals surface area (Å²) >= 11 is 3.50. The fourth-order valence-electron chi connectivity index (χ4n) is 2.05. The minimum absolute atomic E-state index is 0.451. The van der Waals surface area contributed by atoms with E-state index in [0.717, 1.165) is 34.5 Å². The van der Waals surface area contributed by atoms with Crippen LogP contribution in [0.15, 0.2) is 22.8 Å². The van der Waals surface area contributed by atoms with Crippen LogP contribution in [0.2, 0.25) is 0 Å². The van der Waals surface area contributed by atoms with Crippen LogP contribution in [0, 0.1) is 0 Å². The van der Waals surface area contributed by atoms with Crippen LogP contribution < -0.4 is 5.73 Å². The summed E-state index contributed by atoms with van der Waals surface area (Å²) in [5.74, 6) is 1.22. The number of pyridine rings is 1. The van der Waals surface area contributed by atoms with E-state index in [1.807, 2.05) is 22.7 Å². The molecule has 2 N–H and O–H groups in total. The number of nitrogen functional groups attached to an aromatic ring is 1. The lowest BCUT2D eigenvalue weighted by molar-refractivity contribution is 0.629. The molecule has 0 saturated carbocycles. The molecule has 0 bridgehead atoms. The lowest BCUT2D eigenvalue weighted by Gasteiger charge is -2.09. The van der Waals surface area contributed by atoms with Crippen molar-refractivity contribution in [2.24, 2.45) is 0 Å². The smallest absolute Gasteiger partial charge is 0.153 e. The molecule has 0 atom stereocenters. The molecule has 86 valence electrons.